The number of fused-ring (bicyclic) bond motifs is 2. The molecule has 0 fully saturated rings. The number of aryl methyl sites for hydroxylation is 1. The van der Waals surface area contributed by atoms with Gasteiger partial charge in [-0.3, -0.25) is 4.79 Å². The van der Waals surface area contributed by atoms with Crippen LogP contribution in [-0.2, 0) is 24.2 Å². The number of para-hydroxylation sites is 1. The highest BCUT2D eigenvalue weighted by atomic mass is 16.5. The Hall–Kier alpha value is -2.37. The Kier molecular flexibility index (Phi) is 4.42. The first kappa shape index (κ1) is 16.1. The zero-order chi connectivity index (χ0) is 17.2. The second-order valence-corrected chi connectivity index (χ2v) is 6.99. The second-order valence-electron chi connectivity index (χ2n) is 6.99. The molecule has 2 aliphatic heterocycles. The maximum absolute atomic E-state index is 12.7. The molecule has 1 aromatic heterocycles. The van der Waals surface area contributed by atoms with Crippen LogP contribution in [0.1, 0.15) is 49.4 Å². The third-order valence-electron chi connectivity index (χ3n) is 5.13. The molecule has 0 saturated carbocycles. The largest absolute Gasteiger partial charge is 0.492 e. The molecule has 1 aromatic carbocycles. The minimum Gasteiger partial charge on any atom is -0.492 e. The summed E-state index contributed by atoms with van der Waals surface area (Å²) in [5, 5.41) is 11.8. The van der Waals surface area contributed by atoms with E-state index in [1.54, 1.807) is 0 Å². The molecule has 1 amide bonds. The zero-order valence-electron chi connectivity index (χ0n) is 14.6. The molecule has 0 spiro atoms. The maximum atomic E-state index is 12.7. The van der Waals surface area contributed by atoms with Gasteiger partial charge in [-0.2, -0.15) is 0 Å². The van der Waals surface area contributed by atoms with Crippen molar-refractivity contribution in [2.45, 2.75) is 51.6 Å². The third-order valence-corrected chi connectivity index (χ3v) is 5.13. The summed E-state index contributed by atoms with van der Waals surface area (Å²) < 4.78 is 7.93. The molecule has 0 unspecified atom stereocenters. The number of benzene rings is 1. The highest BCUT2D eigenvalue weighted by Crippen LogP contribution is 2.27. The number of carbonyl (C=O) groups excluding carboxylic acids is 1. The van der Waals surface area contributed by atoms with Crippen LogP contribution in [0.2, 0.25) is 0 Å². The van der Waals surface area contributed by atoms with Crippen molar-refractivity contribution in [3.05, 3.63) is 41.5 Å². The number of amides is 1. The molecule has 25 heavy (non-hydrogen) atoms. The van der Waals surface area contributed by atoms with Gasteiger partial charge in [0, 0.05) is 13.0 Å². The molecule has 4 rings (SSSR count). The summed E-state index contributed by atoms with van der Waals surface area (Å²) in [6.45, 7) is 3.35. The highest BCUT2D eigenvalue weighted by molar-refractivity contribution is 5.80. The predicted octanol–water partition coefficient (Wildman–Crippen LogP) is 2.43. The van der Waals surface area contributed by atoms with Crippen molar-refractivity contribution >= 4 is 5.91 Å². The normalized spacial score (nSPS) is 20.6. The van der Waals surface area contributed by atoms with E-state index in [9.17, 15) is 4.79 Å². The lowest BCUT2D eigenvalue weighted by Gasteiger charge is -2.25. The van der Waals surface area contributed by atoms with E-state index >= 15 is 0 Å². The van der Waals surface area contributed by atoms with E-state index < -0.39 is 0 Å². The van der Waals surface area contributed by atoms with Gasteiger partial charge in [0.25, 0.3) is 0 Å². The number of aromatic nitrogens is 3. The average Bonchev–Trinajstić information content (AvgIpc) is 2.90. The number of nitrogens with zero attached hydrogens (tertiary/aromatic N) is 3. The number of ether oxygens (including phenoxy) is 1. The standard InChI is InChI=1S/C19H24N4O2/c1-13(18-22-21-17-9-3-2-6-10-23(17)18)20-19(24)15-11-14-7-4-5-8-16(14)25-12-15/h4-5,7-8,13,15H,2-3,6,9-12H2,1H3,(H,20,24)/t13-,15+/m1/s1. The third kappa shape index (κ3) is 3.25. The van der Waals surface area contributed by atoms with E-state index in [4.69, 9.17) is 4.74 Å². The summed E-state index contributed by atoms with van der Waals surface area (Å²) in [6, 6.07) is 7.77. The Morgan fingerprint density at radius 2 is 2.16 bits per heavy atom. The lowest BCUT2D eigenvalue weighted by atomic mass is 9.96. The molecular formula is C19H24N4O2. The SMILES string of the molecule is C[C@@H](NC(=O)[C@@H]1COc2ccccc2C1)c1nnc2n1CCCCC2. The first-order valence-electron chi connectivity index (χ1n) is 9.15. The molecule has 0 bridgehead atoms. The van der Waals surface area contributed by atoms with Gasteiger partial charge in [0.15, 0.2) is 5.82 Å². The van der Waals surface area contributed by atoms with E-state index in [2.05, 4.69) is 20.1 Å². The quantitative estimate of drug-likeness (QED) is 0.932. The molecule has 3 heterocycles. The molecule has 132 valence electrons. The zero-order valence-corrected chi connectivity index (χ0v) is 14.6. The van der Waals surface area contributed by atoms with Crippen LogP contribution in [0.4, 0.5) is 0 Å². The topological polar surface area (TPSA) is 69.0 Å². The van der Waals surface area contributed by atoms with Crippen LogP contribution < -0.4 is 10.1 Å². The van der Waals surface area contributed by atoms with Crippen LogP contribution >= 0.6 is 0 Å². The molecule has 1 N–H and O–H groups in total. The van der Waals surface area contributed by atoms with E-state index in [-0.39, 0.29) is 17.9 Å². The van der Waals surface area contributed by atoms with E-state index in [0.29, 0.717) is 13.0 Å². The number of rotatable bonds is 3. The molecule has 0 aliphatic carbocycles. The minimum atomic E-state index is -0.163. The van der Waals surface area contributed by atoms with Gasteiger partial charge < -0.3 is 14.6 Å². The Labute approximate surface area is 147 Å². The molecule has 0 saturated heterocycles. The fraction of sp³-hybridized carbons (Fsp3) is 0.526. The van der Waals surface area contributed by atoms with Crippen molar-refractivity contribution in [1.29, 1.82) is 0 Å². The monoisotopic (exact) mass is 340 g/mol. The van der Waals surface area contributed by atoms with Crippen molar-refractivity contribution < 1.29 is 9.53 Å². The molecule has 6 nitrogen and oxygen atoms in total. The lowest BCUT2D eigenvalue weighted by molar-refractivity contribution is -0.127. The van der Waals surface area contributed by atoms with Crippen LogP contribution in [0.25, 0.3) is 0 Å². The molecule has 6 heteroatoms. The molecule has 0 radical (unpaired) electrons. The summed E-state index contributed by atoms with van der Waals surface area (Å²) in [7, 11) is 0. The summed E-state index contributed by atoms with van der Waals surface area (Å²) in [4.78, 5) is 12.7. The first-order chi connectivity index (χ1) is 12.2. The van der Waals surface area contributed by atoms with E-state index in [1.165, 1.54) is 6.42 Å². The summed E-state index contributed by atoms with van der Waals surface area (Å²) in [6.07, 6.45) is 5.22. The number of hydrogen-bond donors (Lipinski definition) is 1. The smallest absolute Gasteiger partial charge is 0.227 e. The summed E-state index contributed by atoms with van der Waals surface area (Å²) in [5.41, 5.74) is 1.10. The van der Waals surface area contributed by atoms with E-state index in [1.807, 2.05) is 31.2 Å². The van der Waals surface area contributed by atoms with Crippen molar-refractivity contribution in [2.24, 2.45) is 5.92 Å². The Morgan fingerprint density at radius 3 is 3.08 bits per heavy atom. The van der Waals surface area contributed by atoms with Gasteiger partial charge in [0.2, 0.25) is 5.91 Å². The van der Waals surface area contributed by atoms with Gasteiger partial charge in [-0.1, -0.05) is 24.6 Å². The molecule has 2 atom stereocenters. The fourth-order valence-electron chi connectivity index (χ4n) is 3.72. The Balaban J connectivity index is 1.44. The number of hydrogen-bond acceptors (Lipinski definition) is 4. The Bertz CT molecular complexity index is 771. The summed E-state index contributed by atoms with van der Waals surface area (Å²) in [5.74, 6) is 2.66. The van der Waals surface area contributed by atoms with Gasteiger partial charge in [-0.15, -0.1) is 10.2 Å². The van der Waals surface area contributed by atoms with Crippen molar-refractivity contribution in [2.75, 3.05) is 6.61 Å². The van der Waals surface area contributed by atoms with Gasteiger partial charge in [0.1, 0.15) is 18.2 Å². The highest BCUT2D eigenvalue weighted by Gasteiger charge is 2.28. The average molecular weight is 340 g/mol. The Morgan fingerprint density at radius 1 is 1.28 bits per heavy atom. The first-order valence-corrected chi connectivity index (χ1v) is 9.15. The minimum absolute atomic E-state index is 0.0213. The molecule has 2 aromatic rings. The molecule has 2 aliphatic rings. The van der Waals surface area contributed by atoms with Gasteiger partial charge in [-0.25, -0.2) is 0 Å². The van der Waals surface area contributed by atoms with Gasteiger partial charge >= 0.3 is 0 Å². The lowest BCUT2D eigenvalue weighted by Crippen LogP contribution is -2.39. The van der Waals surface area contributed by atoms with Crippen LogP contribution in [0, 0.1) is 5.92 Å². The van der Waals surface area contributed by atoms with Crippen LogP contribution in [0.5, 0.6) is 5.75 Å². The predicted molar refractivity (Wildman–Crippen MR) is 93.3 cm³/mol. The van der Waals surface area contributed by atoms with Gasteiger partial charge in [0.05, 0.1) is 12.0 Å². The van der Waals surface area contributed by atoms with Crippen molar-refractivity contribution in [3.63, 3.8) is 0 Å². The number of carbonyl (C=O) groups is 1. The van der Waals surface area contributed by atoms with Crippen molar-refractivity contribution in [1.82, 2.24) is 20.1 Å². The van der Waals surface area contributed by atoms with Crippen molar-refractivity contribution in [3.8, 4) is 5.75 Å². The maximum Gasteiger partial charge on any atom is 0.227 e. The second kappa shape index (κ2) is 6.86. The van der Waals surface area contributed by atoms with Crippen LogP contribution in [-0.4, -0.2) is 27.3 Å². The fourth-order valence-corrected chi connectivity index (χ4v) is 3.72. The van der Waals surface area contributed by atoms with Crippen LogP contribution in [0.15, 0.2) is 24.3 Å². The molecular weight excluding hydrogens is 316 g/mol. The van der Waals surface area contributed by atoms with Crippen LogP contribution in [0.3, 0.4) is 0 Å². The number of nitrogens with one attached hydrogen (secondary N) is 1. The van der Waals surface area contributed by atoms with Gasteiger partial charge in [-0.05, 0) is 37.8 Å². The van der Waals surface area contributed by atoms with E-state index in [0.717, 1.165) is 48.8 Å². The summed E-state index contributed by atoms with van der Waals surface area (Å²) >= 11 is 0.